The Morgan fingerprint density at radius 3 is 0.811 bits per heavy atom. The van der Waals surface area contributed by atoms with E-state index in [1.165, 1.54) is 113 Å². The Balaban J connectivity index is 1.29. The van der Waals surface area contributed by atoms with Gasteiger partial charge in [0.05, 0.1) is 0 Å². The lowest BCUT2D eigenvalue weighted by Crippen LogP contribution is -2.52. The van der Waals surface area contributed by atoms with Gasteiger partial charge in [0, 0.05) is 0 Å². The Bertz CT molecular complexity index is 947. The fraction of sp³-hybridized carbons (Fsp3) is 0.500. The predicted molar refractivity (Wildman–Crippen MR) is 161 cm³/mol. The molecule has 3 fully saturated rings. The highest BCUT2D eigenvalue weighted by Gasteiger charge is 2.24. The number of hydrogen-bond donors (Lipinski definition) is 0. The van der Waals surface area contributed by atoms with Crippen LogP contribution in [0.5, 0.6) is 0 Å². The van der Waals surface area contributed by atoms with Crippen molar-refractivity contribution in [3.05, 3.63) is 89.5 Å². The Labute approximate surface area is 226 Å². The van der Waals surface area contributed by atoms with Crippen molar-refractivity contribution in [2.75, 3.05) is 0 Å². The molecular weight excluding hydrogens is 443 g/mol. The largest absolute Gasteiger partial charge is 0.241 e. The molecule has 0 aliphatic heterocycles. The molecule has 0 saturated heterocycles. The first-order chi connectivity index (χ1) is 18.3. The summed E-state index contributed by atoms with van der Waals surface area (Å²) in [6.07, 6.45) is 20.9. The van der Waals surface area contributed by atoms with E-state index in [4.69, 9.17) is 0 Å². The third kappa shape index (κ3) is 5.92. The molecule has 3 aliphatic rings. The minimum atomic E-state index is 0.307. The molecule has 0 heterocycles. The van der Waals surface area contributed by atoms with E-state index < -0.39 is 0 Å². The lowest BCUT2D eigenvalue weighted by Gasteiger charge is -2.24. The van der Waals surface area contributed by atoms with Crippen molar-refractivity contribution in [3.63, 3.8) is 0 Å². The predicted octanol–water partition coefficient (Wildman–Crippen LogP) is 8.35. The van der Waals surface area contributed by atoms with Crippen LogP contribution < -0.4 is 16.4 Å². The number of rotatable bonds is 6. The fourth-order valence-electron chi connectivity index (χ4n) is 7.77. The van der Waals surface area contributed by atoms with Gasteiger partial charge in [-0.2, -0.15) is 0 Å². The maximum absolute atomic E-state index is 2.45. The van der Waals surface area contributed by atoms with Crippen LogP contribution in [0, 0.1) is 0 Å². The van der Waals surface area contributed by atoms with E-state index >= 15 is 0 Å². The molecule has 3 aromatic carbocycles. The van der Waals surface area contributed by atoms with Gasteiger partial charge in [-0.3, -0.25) is 0 Å². The molecule has 192 valence electrons. The second-order valence-corrected chi connectivity index (χ2v) is 12.4. The van der Waals surface area contributed by atoms with Crippen LogP contribution in [-0.4, -0.2) is 6.71 Å². The van der Waals surface area contributed by atoms with Gasteiger partial charge in [-0.1, -0.05) is 147 Å². The maximum Gasteiger partial charge on any atom is 0.241 e. The van der Waals surface area contributed by atoms with E-state index in [9.17, 15) is 0 Å². The van der Waals surface area contributed by atoms with E-state index in [-0.39, 0.29) is 0 Å². The Morgan fingerprint density at radius 2 is 0.568 bits per heavy atom. The quantitative estimate of drug-likeness (QED) is 0.306. The minimum Gasteiger partial charge on any atom is -0.0686 e. The lowest BCUT2D eigenvalue weighted by atomic mass is 9.36. The summed E-state index contributed by atoms with van der Waals surface area (Å²) < 4.78 is 0. The van der Waals surface area contributed by atoms with Crippen LogP contribution in [0.2, 0.25) is 0 Å². The highest BCUT2D eigenvalue weighted by atomic mass is 14.2. The first-order valence-electron chi connectivity index (χ1n) is 15.6. The van der Waals surface area contributed by atoms with Gasteiger partial charge in [0.25, 0.3) is 0 Å². The smallest absolute Gasteiger partial charge is 0.0686 e. The van der Waals surface area contributed by atoms with Crippen LogP contribution in [0.15, 0.2) is 72.8 Å². The normalized spacial score (nSPS) is 20.1. The molecule has 3 aliphatic carbocycles. The van der Waals surface area contributed by atoms with Crippen molar-refractivity contribution >= 4 is 23.1 Å². The van der Waals surface area contributed by atoms with Crippen LogP contribution in [0.25, 0.3) is 0 Å². The van der Waals surface area contributed by atoms with Gasteiger partial charge < -0.3 is 0 Å². The van der Waals surface area contributed by atoms with E-state index in [0.717, 1.165) is 17.8 Å². The van der Waals surface area contributed by atoms with Crippen molar-refractivity contribution in [1.82, 2.24) is 0 Å². The molecule has 0 unspecified atom stereocenters. The summed E-state index contributed by atoms with van der Waals surface area (Å²) in [4.78, 5) is 0. The van der Waals surface area contributed by atoms with Crippen LogP contribution in [0.3, 0.4) is 0 Å². The molecule has 3 aromatic rings. The second-order valence-electron chi connectivity index (χ2n) is 12.4. The zero-order valence-corrected chi connectivity index (χ0v) is 22.8. The van der Waals surface area contributed by atoms with E-state index in [0.29, 0.717) is 6.71 Å². The summed E-state index contributed by atoms with van der Waals surface area (Å²) in [5, 5.41) is 0. The van der Waals surface area contributed by atoms with Crippen molar-refractivity contribution in [3.8, 4) is 0 Å². The topological polar surface area (TPSA) is 0 Å². The molecule has 37 heavy (non-hydrogen) atoms. The zero-order chi connectivity index (χ0) is 24.9. The first kappa shape index (κ1) is 25.0. The molecule has 0 spiro atoms. The third-order valence-corrected chi connectivity index (χ3v) is 10.0. The van der Waals surface area contributed by atoms with Crippen molar-refractivity contribution < 1.29 is 0 Å². The molecule has 0 bridgehead atoms. The highest BCUT2D eigenvalue weighted by molar-refractivity contribution is 6.95. The van der Waals surface area contributed by atoms with Crippen molar-refractivity contribution in [1.29, 1.82) is 0 Å². The minimum absolute atomic E-state index is 0.307. The summed E-state index contributed by atoms with van der Waals surface area (Å²) in [7, 11) is 0. The SMILES string of the molecule is c1cc(C2CCCCC2)ccc1B(c1ccc(C2CCCCC2)cc1)c1ccc(C2CCCCC2)cc1. The Kier molecular flexibility index (Phi) is 8.16. The van der Waals surface area contributed by atoms with Gasteiger partial charge in [0.15, 0.2) is 0 Å². The first-order valence-corrected chi connectivity index (χ1v) is 15.6. The molecule has 0 N–H and O–H groups in total. The average Bonchev–Trinajstić information content (AvgIpc) is 3.00. The van der Waals surface area contributed by atoms with Gasteiger partial charge in [-0.05, 0) is 73.0 Å². The van der Waals surface area contributed by atoms with Crippen molar-refractivity contribution in [2.24, 2.45) is 0 Å². The molecule has 0 nitrogen and oxygen atoms in total. The Hall–Kier alpha value is -2.28. The van der Waals surface area contributed by atoms with E-state index in [2.05, 4.69) is 72.8 Å². The van der Waals surface area contributed by atoms with Gasteiger partial charge in [0.1, 0.15) is 0 Å². The third-order valence-electron chi connectivity index (χ3n) is 10.0. The number of hydrogen-bond acceptors (Lipinski definition) is 0. The standard InChI is InChI=1S/C36H45B/c1-4-10-28(11-5-1)31-16-22-34(23-17-31)37(35-24-18-32(19-25-35)29-12-6-2-7-13-29)36-26-20-33(21-27-36)30-14-8-3-9-15-30/h16-30H,1-15H2. The molecule has 0 atom stereocenters. The number of benzene rings is 3. The van der Waals surface area contributed by atoms with Gasteiger partial charge in [-0.25, -0.2) is 0 Å². The molecule has 6 rings (SSSR count). The summed E-state index contributed by atoms with van der Waals surface area (Å²) in [5.41, 5.74) is 8.99. The van der Waals surface area contributed by atoms with Gasteiger partial charge in [-0.15, -0.1) is 0 Å². The highest BCUT2D eigenvalue weighted by Crippen LogP contribution is 2.34. The van der Waals surface area contributed by atoms with Crippen LogP contribution in [-0.2, 0) is 0 Å². The van der Waals surface area contributed by atoms with Crippen LogP contribution in [0.1, 0.15) is 131 Å². The molecule has 0 amide bonds. The summed E-state index contributed by atoms with van der Waals surface area (Å²) in [6, 6.07) is 29.4. The monoisotopic (exact) mass is 488 g/mol. The van der Waals surface area contributed by atoms with Crippen molar-refractivity contribution in [2.45, 2.75) is 114 Å². The fourth-order valence-corrected chi connectivity index (χ4v) is 7.77. The summed E-state index contributed by atoms with van der Waals surface area (Å²) in [6.45, 7) is 0.307. The van der Waals surface area contributed by atoms with Gasteiger partial charge >= 0.3 is 0 Å². The second kappa shape index (κ2) is 12.1. The van der Waals surface area contributed by atoms with Crippen LogP contribution >= 0.6 is 0 Å². The average molecular weight is 489 g/mol. The van der Waals surface area contributed by atoms with E-state index in [1.807, 2.05) is 0 Å². The molecule has 1 heteroatoms. The van der Waals surface area contributed by atoms with E-state index in [1.54, 1.807) is 16.7 Å². The molecular formula is C36H45B. The molecule has 0 aromatic heterocycles. The summed E-state index contributed by atoms with van der Waals surface area (Å²) >= 11 is 0. The molecule has 3 saturated carbocycles. The summed E-state index contributed by atoms with van der Waals surface area (Å²) in [5.74, 6) is 2.31. The maximum atomic E-state index is 2.45. The molecule has 0 radical (unpaired) electrons. The Morgan fingerprint density at radius 1 is 0.324 bits per heavy atom. The van der Waals surface area contributed by atoms with Gasteiger partial charge in [0.2, 0.25) is 6.71 Å². The van der Waals surface area contributed by atoms with Crippen LogP contribution in [0.4, 0.5) is 0 Å². The zero-order valence-electron chi connectivity index (χ0n) is 22.8. The lowest BCUT2D eigenvalue weighted by molar-refractivity contribution is 0.443.